The van der Waals surface area contributed by atoms with E-state index in [0.29, 0.717) is 12.8 Å². The van der Waals surface area contributed by atoms with E-state index < -0.39 is 163 Å². The summed E-state index contributed by atoms with van der Waals surface area (Å²) in [5.74, 6) is -2.01. The van der Waals surface area contributed by atoms with Crippen LogP contribution in [0.1, 0.15) is 219 Å². The van der Waals surface area contributed by atoms with E-state index in [2.05, 4.69) is 48.8 Å². The predicted octanol–water partition coefficient (Wildman–Crippen LogP) is 4.93. The van der Waals surface area contributed by atoms with E-state index in [0.717, 1.165) is 77.0 Å². The number of carbonyl (C=O) groups is 4. The van der Waals surface area contributed by atoms with Crippen molar-refractivity contribution < 1.29 is 122 Å². The first-order valence-corrected chi connectivity index (χ1v) is 36.5. The van der Waals surface area contributed by atoms with Gasteiger partial charge in [0.1, 0.15) is 86.0 Å². The maximum atomic E-state index is 12.9. The van der Waals surface area contributed by atoms with Gasteiger partial charge in [-0.15, -0.1) is 0 Å². The monoisotopic (exact) mass is 1370 g/mol. The first kappa shape index (κ1) is 85.1. The zero-order chi connectivity index (χ0) is 68.9. The third-order valence-electron chi connectivity index (χ3n) is 16.9. The predicted molar refractivity (Wildman–Crippen MR) is 345 cm³/mol. The largest absolute Gasteiger partial charge is 0.472 e. The van der Waals surface area contributed by atoms with E-state index in [9.17, 15) is 79.7 Å². The number of carbonyl (C=O) groups excluding carboxylic acids is 4. The van der Waals surface area contributed by atoms with E-state index in [-0.39, 0.29) is 58.2 Å². The van der Waals surface area contributed by atoms with E-state index in [1.54, 1.807) is 0 Å². The third-order valence-corrected chi connectivity index (χ3v) is 17.9. The Morgan fingerprint density at radius 2 is 0.851 bits per heavy atom. The maximum Gasteiger partial charge on any atom is 0.472 e. The highest BCUT2D eigenvalue weighted by molar-refractivity contribution is 7.47. The Hall–Kier alpha value is -3.13. The van der Waals surface area contributed by atoms with Crippen LogP contribution in [0.2, 0.25) is 0 Å². The van der Waals surface area contributed by atoms with Gasteiger partial charge in [-0.25, -0.2) is 4.57 Å². The number of ether oxygens (including phenoxy) is 7. The summed E-state index contributed by atoms with van der Waals surface area (Å²) in [5, 5.41) is 110. The quantitative estimate of drug-likeness (QED) is 0.0166. The van der Waals surface area contributed by atoms with Gasteiger partial charge in [0.15, 0.2) is 18.7 Å². The molecule has 3 saturated heterocycles. The number of esters is 2. The molecule has 548 valence electrons. The fourth-order valence-corrected chi connectivity index (χ4v) is 11.9. The van der Waals surface area contributed by atoms with Crippen LogP contribution in [-0.2, 0) is 65.9 Å². The minimum atomic E-state index is -4.75. The number of phosphoric acid groups is 1. The van der Waals surface area contributed by atoms with Gasteiger partial charge in [0.2, 0.25) is 11.8 Å². The van der Waals surface area contributed by atoms with Gasteiger partial charge in [-0.3, -0.25) is 28.2 Å². The van der Waals surface area contributed by atoms with Crippen LogP contribution in [0.5, 0.6) is 0 Å². The SMILES string of the molecule is CCCCCCCC/C=C\CCCCCCCC(=O)OCC(COP(=O)(O)OCCNC(=O)CCCCC(=O)NC[C@@H]1O[C@@H](CO)[C@@H](O[C@@H]2OC(CO)[C@H](O[C@H]3OC(CO)[C@H](O)[C@H](O)C3O)[C@H](O)C2O)C(O)C1O)OC(=O)CCCCCCC/C=C\CCCCCCCC. The molecule has 3 fully saturated rings. The van der Waals surface area contributed by atoms with E-state index in [1.807, 2.05) is 0 Å². The van der Waals surface area contributed by atoms with Crippen LogP contribution in [0, 0.1) is 0 Å². The topological polar surface area (TPSA) is 415 Å². The van der Waals surface area contributed by atoms with Gasteiger partial charge in [-0.1, -0.05) is 141 Å². The molecule has 0 spiro atoms. The molecule has 0 bridgehead atoms. The zero-order valence-electron chi connectivity index (χ0n) is 55.9. The Kier molecular flexibility index (Phi) is 46.2. The molecule has 8 unspecified atom stereocenters. The molecule has 2 amide bonds. The first-order valence-electron chi connectivity index (χ1n) is 35.0. The van der Waals surface area contributed by atoms with Gasteiger partial charge < -0.3 is 99.8 Å². The Bertz CT molecular complexity index is 2110. The van der Waals surface area contributed by atoms with Gasteiger partial charge in [-0.05, 0) is 77.0 Å². The van der Waals surface area contributed by atoms with Gasteiger partial charge in [-0.2, -0.15) is 0 Å². The van der Waals surface area contributed by atoms with Crippen molar-refractivity contribution in [2.24, 2.45) is 0 Å². The summed E-state index contributed by atoms with van der Waals surface area (Å²) in [5.41, 5.74) is 0. The van der Waals surface area contributed by atoms with Crippen molar-refractivity contribution in [3.8, 4) is 0 Å². The van der Waals surface area contributed by atoms with Crippen molar-refractivity contribution in [1.82, 2.24) is 10.6 Å². The number of hydrogen-bond donors (Lipinski definition) is 13. The average Bonchev–Trinajstić information content (AvgIpc) is 0.785. The Balaban J connectivity index is 1.36. The molecule has 28 heteroatoms. The molecule has 0 radical (unpaired) electrons. The molecule has 17 atom stereocenters. The zero-order valence-corrected chi connectivity index (χ0v) is 56.8. The fraction of sp³-hybridized carbons (Fsp3) is 0.879. The fourth-order valence-electron chi connectivity index (χ4n) is 11.2. The van der Waals surface area contributed by atoms with E-state index in [4.69, 9.17) is 42.2 Å². The summed E-state index contributed by atoms with van der Waals surface area (Å²) in [6, 6.07) is 0. The number of allylic oxidation sites excluding steroid dienone is 4. The number of hydrogen-bond acceptors (Lipinski definition) is 24. The molecule has 0 aliphatic carbocycles. The lowest BCUT2D eigenvalue weighted by Gasteiger charge is -2.48. The Morgan fingerprint density at radius 3 is 1.35 bits per heavy atom. The van der Waals surface area contributed by atoms with E-state index in [1.165, 1.54) is 77.0 Å². The van der Waals surface area contributed by atoms with Crippen LogP contribution in [0.3, 0.4) is 0 Å². The average molecular weight is 1370 g/mol. The second-order valence-corrected chi connectivity index (χ2v) is 26.4. The number of unbranched alkanes of at least 4 members (excludes halogenated alkanes) is 23. The summed E-state index contributed by atoms with van der Waals surface area (Å²) >= 11 is 0. The Morgan fingerprint density at radius 1 is 0.447 bits per heavy atom. The number of amides is 2. The smallest absolute Gasteiger partial charge is 0.462 e. The van der Waals surface area contributed by atoms with Crippen molar-refractivity contribution in [2.75, 3.05) is 52.7 Å². The molecular weight excluding hydrogens is 1250 g/mol. The number of phosphoric ester groups is 1. The molecular formula is C66H119N2O25P. The Labute approximate surface area is 556 Å². The van der Waals surface area contributed by atoms with Crippen LogP contribution in [0.4, 0.5) is 0 Å². The minimum absolute atomic E-state index is 0.0295. The van der Waals surface area contributed by atoms with Gasteiger partial charge >= 0.3 is 19.8 Å². The minimum Gasteiger partial charge on any atom is -0.462 e. The number of aliphatic hydroxyl groups excluding tert-OH is 10. The molecule has 0 saturated carbocycles. The second-order valence-electron chi connectivity index (χ2n) is 24.9. The standard InChI is InChI=1S/C66H119N2O25P/c1-3-5-7-9-11-13-15-17-19-21-23-25-27-29-31-37-54(74)85-45-47(88-55(75)38-32-30-28-26-24-22-20-18-16-14-12-10-8-6-4-2)46-87-94(83,84)86-40-39-67-52(72)35-33-34-36-53(73)68-41-48-56(76)59(79)63(50(43-70)89-48)92-66-62(82)60(80)64(51(44-71)91-66)93-65-61(81)58(78)57(77)49(42-69)90-65/h17-20,47-51,56-66,69-71,76-82H,3-16,21-46H2,1-2H3,(H,67,72)(H,68,73)(H,83,84)/b19-17-,20-18-/t47?,48-,49?,50-,51?,56?,57-,58-,59?,60+,61?,62?,63+,64-,65+,66-/m0/s1. The van der Waals surface area contributed by atoms with Crippen molar-refractivity contribution in [3.05, 3.63) is 24.3 Å². The molecule has 0 aromatic heterocycles. The molecule has 3 rings (SSSR count). The number of rotatable bonds is 54. The molecule has 27 nitrogen and oxygen atoms in total. The highest BCUT2D eigenvalue weighted by Gasteiger charge is 2.53. The molecule has 13 N–H and O–H groups in total. The van der Waals surface area contributed by atoms with Crippen LogP contribution >= 0.6 is 7.82 Å². The highest BCUT2D eigenvalue weighted by Crippen LogP contribution is 2.43. The van der Waals surface area contributed by atoms with Crippen molar-refractivity contribution in [1.29, 1.82) is 0 Å². The molecule has 0 aromatic rings. The van der Waals surface area contributed by atoms with Gasteiger partial charge in [0.05, 0.1) is 33.0 Å². The third kappa shape index (κ3) is 35.1. The lowest BCUT2D eigenvalue weighted by Crippen LogP contribution is -2.67. The van der Waals surface area contributed by atoms with Crippen LogP contribution in [-0.4, -0.2) is 230 Å². The van der Waals surface area contributed by atoms with E-state index >= 15 is 0 Å². The normalized spacial score (nSPS) is 27.5. The summed E-state index contributed by atoms with van der Waals surface area (Å²) < 4.78 is 62.1. The van der Waals surface area contributed by atoms with Crippen molar-refractivity contribution in [2.45, 2.75) is 317 Å². The van der Waals surface area contributed by atoms with Crippen LogP contribution < -0.4 is 10.6 Å². The van der Waals surface area contributed by atoms with Gasteiger partial charge in [0.25, 0.3) is 0 Å². The highest BCUT2D eigenvalue weighted by atomic mass is 31.2. The van der Waals surface area contributed by atoms with Crippen molar-refractivity contribution >= 4 is 31.6 Å². The number of nitrogens with one attached hydrogen (secondary N) is 2. The first-order chi connectivity index (χ1) is 45.3. The summed E-state index contributed by atoms with van der Waals surface area (Å²) in [7, 11) is -4.75. The summed E-state index contributed by atoms with van der Waals surface area (Å²) in [6.07, 6.45) is 11.9. The van der Waals surface area contributed by atoms with Crippen molar-refractivity contribution in [3.63, 3.8) is 0 Å². The second kappa shape index (κ2) is 51.1. The molecule has 3 aliphatic rings. The summed E-state index contributed by atoms with van der Waals surface area (Å²) in [6.45, 7) is 0.00161. The molecule has 3 aliphatic heterocycles. The van der Waals surface area contributed by atoms with Crippen LogP contribution in [0.15, 0.2) is 24.3 Å². The number of aliphatic hydroxyl groups is 10. The summed E-state index contributed by atoms with van der Waals surface area (Å²) in [4.78, 5) is 61.5. The van der Waals surface area contributed by atoms with Crippen LogP contribution in [0.25, 0.3) is 0 Å². The molecule has 3 heterocycles. The maximum absolute atomic E-state index is 12.9. The molecule has 94 heavy (non-hydrogen) atoms. The van der Waals surface area contributed by atoms with Gasteiger partial charge in [0, 0.05) is 38.8 Å². The lowest BCUT2D eigenvalue weighted by atomic mass is 9.94. The lowest BCUT2D eigenvalue weighted by molar-refractivity contribution is -0.372. The molecule has 0 aromatic carbocycles.